The normalized spacial score (nSPS) is 15.1. The Bertz CT molecular complexity index is 504. The van der Waals surface area contributed by atoms with Crippen LogP contribution >= 0.6 is 0 Å². The molecular formula is C14H20N2O. The second-order valence-corrected chi connectivity index (χ2v) is 4.50. The van der Waals surface area contributed by atoms with Crippen molar-refractivity contribution in [3.8, 4) is 0 Å². The van der Waals surface area contributed by atoms with E-state index in [1.54, 1.807) is 0 Å². The molecule has 3 nitrogen and oxygen atoms in total. The van der Waals surface area contributed by atoms with Crippen LogP contribution in [0.4, 0.5) is 0 Å². The van der Waals surface area contributed by atoms with Crippen molar-refractivity contribution in [3.05, 3.63) is 35.5 Å². The monoisotopic (exact) mass is 232 g/mol. The maximum Gasteiger partial charge on any atom is 0.0963 e. The molecule has 0 aliphatic carbocycles. The van der Waals surface area contributed by atoms with Crippen LogP contribution in [0.15, 0.2) is 24.3 Å². The minimum Gasteiger partial charge on any atom is -0.387 e. The summed E-state index contributed by atoms with van der Waals surface area (Å²) in [6, 6.07) is 8.15. The Kier molecular flexibility index (Phi) is 3.50. The molecule has 0 aliphatic rings. The van der Waals surface area contributed by atoms with E-state index in [9.17, 15) is 5.11 Å². The van der Waals surface area contributed by atoms with Crippen LogP contribution in [0, 0.1) is 6.92 Å². The van der Waals surface area contributed by atoms with Crippen molar-refractivity contribution in [3.63, 3.8) is 0 Å². The zero-order valence-corrected chi connectivity index (χ0v) is 10.6. The molecule has 2 unspecified atom stereocenters. The molecule has 2 atom stereocenters. The van der Waals surface area contributed by atoms with Crippen LogP contribution < -0.4 is 5.32 Å². The van der Waals surface area contributed by atoms with Crippen molar-refractivity contribution in [2.45, 2.75) is 32.9 Å². The van der Waals surface area contributed by atoms with E-state index in [1.165, 1.54) is 0 Å². The van der Waals surface area contributed by atoms with Gasteiger partial charge < -0.3 is 15.4 Å². The van der Waals surface area contributed by atoms with E-state index in [2.05, 4.69) is 16.4 Å². The number of aryl methyl sites for hydroxylation is 1. The van der Waals surface area contributed by atoms with Gasteiger partial charge in [-0.3, -0.25) is 0 Å². The third-order valence-corrected chi connectivity index (χ3v) is 3.24. The predicted octanol–water partition coefficient (Wildman–Crippen LogP) is 2.51. The summed E-state index contributed by atoms with van der Waals surface area (Å²) in [5, 5.41) is 14.8. The number of benzene rings is 1. The topological polar surface area (TPSA) is 48.0 Å². The van der Waals surface area contributed by atoms with E-state index in [4.69, 9.17) is 0 Å². The van der Waals surface area contributed by atoms with Crippen LogP contribution in [0.2, 0.25) is 0 Å². The van der Waals surface area contributed by atoms with Crippen molar-refractivity contribution in [1.82, 2.24) is 10.3 Å². The SMILES string of the molecule is CCNC(C)C(O)c1c(C)[nH]c2ccccc12. The number of aromatic nitrogens is 1. The van der Waals surface area contributed by atoms with Crippen LogP contribution in [0.25, 0.3) is 10.9 Å². The molecule has 1 aromatic heterocycles. The van der Waals surface area contributed by atoms with Gasteiger partial charge >= 0.3 is 0 Å². The highest BCUT2D eigenvalue weighted by Crippen LogP contribution is 2.29. The van der Waals surface area contributed by atoms with Gasteiger partial charge in [0, 0.05) is 28.2 Å². The molecule has 0 radical (unpaired) electrons. The number of para-hydroxylation sites is 1. The maximum absolute atomic E-state index is 10.4. The summed E-state index contributed by atoms with van der Waals surface area (Å²) in [4.78, 5) is 3.32. The molecule has 92 valence electrons. The zero-order valence-electron chi connectivity index (χ0n) is 10.6. The van der Waals surface area contributed by atoms with Gasteiger partial charge in [-0.2, -0.15) is 0 Å². The first-order valence-corrected chi connectivity index (χ1v) is 6.13. The van der Waals surface area contributed by atoms with Crippen molar-refractivity contribution in [2.75, 3.05) is 6.54 Å². The molecule has 0 saturated carbocycles. The highest BCUT2D eigenvalue weighted by Gasteiger charge is 2.21. The molecule has 0 spiro atoms. The number of nitrogens with one attached hydrogen (secondary N) is 2. The number of hydrogen-bond acceptors (Lipinski definition) is 2. The Labute approximate surface area is 102 Å². The lowest BCUT2D eigenvalue weighted by molar-refractivity contribution is 0.138. The van der Waals surface area contributed by atoms with Gasteiger partial charge in [0.25, 0.3) is 0 Å². The molecule has 0 fully saturated rings. The molecule has 1 aromatic carbocycles. The zero-order chi connectivity index (χ0) is 12.4. The van der Waals surface area contributed by atoms with Crippen LogP contribution in [0.1, 0.15) is 31.2 Å². The van der Waals surface area contributed by atoms with Gasteiger partial charge in [-0.05, 0) is 26.5 Å². The molecule has 2 rings (SSSR count). The quantitative estimate of drug-likeness (QED) is 0.758. The van der Waals surface area contributed by atoms with Gasteiger partial charge in [0.2, 0.25) is 0 Å². The van der Waals surface area contributed by atoms with E-state index in [1.807, 2.05) is 39.0 Å². The fourth-order valence-electron chi connectivity index (χ4n) is 2.36. The molecule has 3 N–H and O–H groups in total. The Morgan fingerprint density at radius 3 is 2.76 bits per heavy atom. The lowest BCUT2D eigenvalue weighted by Crippen LogP contribution is -2.32. The van der Waals surface area contributed by atoms with Crippen molar-refractivity contribution >= 4 is 10.9 Å². The van der Waals surface area contributed by atoms with Crippen molar-refractivity contribution < 1.29 is 5.11 Å². The van der Waals surface area contributed by atoms with Crippen LogP contribution in [-0.4, -0.2) is 22.7 Å². The number of rotatable bonds is 4. The lowest BCUT2D eigenvalue weighted by atomic mass is 10.0. The number of aromatic amines is 1. The third-order valence-electron chi connectivity index (χ3n) is 3.24. The average Bonchev–Trinajstić information content (AvgIpc) is 2.64. The second kappa shape index (κ2) is 4.90. The van der Waals surface area contributed by atoms with Gasteiger partial charge in [0.05, 0.1) is 6.10 Å². The van der Waals surface area contributed by atoms with E-state index in [0.717, 1.165) is 28.7 Å². The summed E-state index contributed by atoms with van der Waals surface area (Å²) in [6.07, 6.45) is -0.480. The first-order valence-electron chi connectivity index (χ1n) is 6.13. The van der Waals surface area contributed by atoms with Crippen LogP contribution in [-0.2, 0) is 0 Å². The van der Waals surface area contributed by atoms with Crippen molar-refractivity contribution in [2.24, 2.45) is 0 Å². The van der Waals surface area contributed by atoms with Gasteiger partial charge in [-0.15, -0.1) is 0 Å². The largest absolute Gasteiger partial charge is 0.387 e. The van der Waals surface area contributed by atoms with Crippen LogP contribution in [0.5, 0.6) is 0 Å². The van der Waals surface area contributed by atoms with Gasteiger partial charge in [-0.1, -0.05) is 25.1 Å². The van der Waals surface area contributed by atoms with Crippen LogP contribution in [0.3, 0.4) is 0 Å². The Balaban J connectivity index is 2.43. The van der Waals surface area contributed by atoms with E-state index >= 15 is 0 Å². The van der Waals surface area contributed by atoms with Gasteiger partial charge in [-0.25, -0.2) is 0 Å². The summed E-state index contributed by atoms with van der Waals surface area (Å²) in [6.45, 7) is 6.93. The Hall–Kier alpha value is -1.32. The van der Waals surface area contributed by atoms with Crippen molar-refractivity contribution in [1.29, 1.82) is 0 Å². The first kappa shape index (κ1) is 12.1. The number of H-pyrrole nitrogens is 1. The standard InChI is InChI=1S/C14H20N2O/c1-4-15-10(3)14(17)13-9(2)16-12-8-6-5-7-11(12)13/h5-8,10,14-17H,4H2,1-3H3. The second-order valence-electron chi connectivity index (χ2n) is 4.50. The molecule has 0 saturated heterocycles. The smallest absolute Gasteiger partial charge is 0.0963 e. The Morgan fingerprint density at radius 2 is 2.06 bits per heavy atom. The molecule has 1 heterocycles. The molecule has 0 aliphatic heterocycles. The number of aliphatic hydroxyl groups excluding tert-OH is 1. The van der Waals surface area contributed by atoms with Gasteiger partial charge in [0.1, 0.15) is 0 Å². The highest BCUT2D eigenvalue weighted by molar-refractivity contribution is 5.85. The number of fused-ring (bicyclic) bond motifs is 1. The number of hydrogen-bond donors (Lipinski definition) is 3. The molecule has 17 heavy (non-hydrogen) atoms. The summed E-state index contributed by atoms with van der Waals surface area (Å²) >= 11 is 0. The molecule has 3 heteroatoms. The summed E-state index contributed by atoms with van der Waals surface area (Å²) in [5.74, 6) is 0. The molecule has 2 aromatic rings. The molecular weight excluding hydrogens is 212 g/mol. The maximum atomic E-state index is 10.4. The molecule has 0 amide bonds. The summed E-state index contributed by atoms with van der Waals surface area (Å²) < 4.78 is 0. The minimum atomic E-state index is -0.480. The molecule has 0 bridgehead atoms. The van der Waals surface area contributed by atoms with E-state index in [-0.39, 0.29) is 6.04 Å². The van der Waals surface area contributed by atoms with E-state index in [0.29, 0.717) is 0 Å². The highest BCUT2D eigenvalue weighted by atomic mass is 16.3. The number of aliphatic hydroxyl groups is 1. The van der Waals surface area contributed by atoms with E-state index < -0.39 is 6.10 Å². The summed E-state index contributed by atoms with van der Waals surface area (Å²) in [5.41, 5.74) is 3.14. The number of likely N-dealkylation sites (N-methyl/N-ethyl adjacent to an activating group) is 1. The first-order chi connectivity index (χ1) is 8.15. The lowest BCUT2D eigenvalue weighted by Gasteiger charge is -2.20. The minimum absolute atomic E-state index is 0.0536. The third kappa shape index (κ3) is 2.21. The fraction of sp³-hybridized carbons (Fsp3) is 0.429. The summed E-state index contributed by atoms with van der Waals surface area (Å²) in [7, 11) is 0. The average molecular weight is 232 g/mol. The fourth-order valence-corrected chi connectivity index (χ4v) is 2.36. The van der Waals surface area contributed by atoms with Gasteiger partial charge in [0.15, 0.2) is 0 Å². The predicted molar refractivity (Wildman–Crippen MR) is 71.1 cm³/mol. The Morgan fingerprint density at radius 1 is 1.35 bits per heavy atom.